The van der Waals surface area contributed by atoms with Gasteiger partial charge in [0.2, 0.25) is 0 Å². The minimum Gasteiger partial charge on any atom is 0 e. The molecule has 0 aliphatic carbocycles. The fourth-order valence-electron chi connectivity index (χ4n) is 0. The molecule has 3 nitrogen and oxygen atoms in total. The van der Waals surface area contributed by atoms with Gasteiger partial charge in [0.1, 0.15) is 0 Å². The first kappa shape index (κ1) is 9.22. The van der Waals surface area contributed by atoms with E-state index in [1.165, 1.54) is 0 Å². The molecule has 0 aliphatic heterocycles. The molecule has 5 heteroatoms. The SMILES string of the molecule is O=[Se](O)O.[Co]. The van der Waals surface area contributed by atoms with E-state index in [-0.39, 0.29) is 16.8 Å². The maximum absolute atomic E-state index is 8.76. The largest absolute Gasteiger partial charge is 0 e. The third-order valence-corrected chi connectivity index (χ3v) is 0. The Morgan fingerprint density at radius 1 is 1.40 bits per heavy atom. The van der Waals surface area contributed by atoms with Crippen molar-refractivity contribution in [3.63, 3.8) is 0 Å². The number of rotatable bonds is 0. The van der Waals surface area contributed by atoms with Gasteiger partial charge in [0, 0.05) is 16.8 Å². The molecule has 0 aromatic heterocycles. The van der Waals surface area contributed by atoms with Crippen LogP contribution in [0.5, 0.6) is 0 Å². The van der Waals surface area contributed by atoms with Crippen LogP contribution in [0.4, 0.5) is 0 Å². The fraction of sp³-hybridized carbons (Fsp3) is 0. The second-order valence-electron chi connectivity index (χ2n) is 0.231. The third kappa shape index (κ3) is 64.3. The molecule has 0 aromatic rings. The Bertz CT molecular complexity index is 29.9. The van der Waals surface area contributed by atoms with Crippen molar-refractivity contribution in [1.82, 2.24) is 0 Å². The molecule has 0 unspecified atom stereocenters. The van der Waals surface area contributed by atoms with Crippen molar-refractivity contribution in [2.75, 3.05) is 0 Å². The zero-order valence-corrected chi connectivity index (χ0v) is 4.80. The Hall–Kier alpha value is 0.746. The van der Waals surface area contributed by atoms with Gasteiger partial charge in [0.25, 0.3) is 0 Å². The Morgan fingerprint density at radius 3 is 1.40 bits per heavy atom. The van der Waals surface area contributed by atoms with Crippen LogP contribution in [0.3, 0.4) is 0 Å². The van der Waals surface area contributed by atoms with Crippen LogP contribution >= 0.6 is 0 Å². The van der Waals surface area contributed by atoms with E-state index in [0.29, 0.717) is 0 Å². The normalized spacial score (nSPS) is 7.00. The third-order valence-electron chi connectivity index (χ3n) is 0. The Labute approximate surface area is 43.9 Å². The molecule has 0 atom stereocenters. The summed E-state index contributed by atoms with van der Waals surface area (Å²) in [5, 5.41) is 0. The van der Waals surface area contributed by atoms with Gasteiger partial charge in [-0.2, -0.15) is 0 Å². The summed E-state index contributed by atoms with van der Waals surface area (Å²) in [5.41, 5.74) is 0. The van der Waals surface area contributed by atoms with E-state index in [4.69, 9.17) is 12.2 Å². The Balaban J connectivity index is 0. The van der Waals surface area contributed by atoms with E-state index in [1.807, 2.05) is 0 Å². The second-order valence-corrected chi connectivity index (χ2v) is 1.20. The summed E-state index contributed by atoms with van der Waals surface area (Å²) in [4.78, 5) is 0. The van der Waals surface area contributed by atoms with E-state index in [0.717, 1.165) is 0 Å². The van der Waals surface area contributed by atoms with Crippen LogP contribution in [0, 0.1) is 0 Å². The molecule has 0 aromatic carbocycles. The maximum Gasteiger partial charge on any atom is 0 e. The topological polar surface area (TPSA) is 57.5 Å². The van der Waals surface area contributed by atoms with Gasteiger partial charge in [0.05, 0.1) is 0 Å². The summed E-state index contributed by atoms with van der Waals surface area (Å²) in [5.74, 6) is 0. The van der Waals surface area contributed by atoms with Crippen LogP contribution in [0.1, 0.15) is 0 Å². The summed E-state index contributed by atoms with van der Waals surface area (Å²) in [6.45, 7) is 0. The van der Waals surface area contributed by atoms with Crippen LogP contribution in [0.15, 0.2) is 0 Å². The van der Waals surface area contributed by atoms with E-state index in [9.17, 15) is 0 Å². The molecule has 5 heavy (non-hydrogen) atoms. The van der Waals surface area contributed by atoms with Crippen LogP contribution in [-0.4, -0.2) is 22.9 Å². The van der Waals surface area contributed by atoms with Crippen LogP contribution in [0.25, 0.3) is 0 Å². The summed E-state index contributed by atoms with van der Waals surface area (Å²) < 4.78 is 23.1. The zero-order valence-electron chi connectivity index (χ0n) is 2.04. The van der Waals surface area contributed by atoms with Gasteiger partial charge in [-0.25, -0.2) is 0 Å². The first-order chi connectivity index (χ1) is 1.73. The summed E-state index contributed by atoms with van der Waals surface area (Å²) >= 11 is -3.29. The van der Waals surface area contributed by atoms with Crippen LogP contribution in [-0.2, 0) is 20.6 Å². The molecule has 1 radical (unpaired) electrons. The number of hydrogen-bond acceptors (Lipinski definition) is 1. The van der Waals surface area contributed by atoms with Crippen molar-refractivity contribution < 1.29 is 29.0 Å². The van der Waals surface area contributed by atoms with Crippen molar-refractivity contribution in [1.29, 1.82) is 0 Å². The van der Waals surface area contributed by atoms with E-state index >= 15 is 0 Å². The standard InChI is InChI=1S/Co.H2O3Se/c;1-4(2)3/h;(H2,1,2,3). The van der Waals surface area contributed by atoms with E-state index < -0.39 is 14.5 Å². The van der Waals surface area contributed by atoms with E-state index in [1.54, 1.807) is 0 Å². The maximum atomic E-state index is 8.76. The van der Waals surface area contributed by atoms with Gasteiger partial charge < -0.3 is 0 Å². The van der Waals surface area contributed by atoms with Crippen LogP contribution in [0.2, 0.25) is 0 Å². The Morgan fingerprint density at radius 2 is 1.40 bits per heavy atom. The minimum atomic E-state index is -3.29. The molecule has 0 heterocycles. The quantitative estimate of drug-likeness (QED) is 0.449. The molecule has 0 bridgehead atoms. The monoisotopic (exact) mass is 189 g/mol. The van der Waals surface area contributed by atoms with Gasteiger partial charge in [-0.3, -0.25) is 0 Å². The van der Waals surface area contributed by atoms with Gasteiger partial charge in [-0.15, -0.1) is 0 Å². The van der Waals surface area contributed by atoms with Crippen molar-refractivity contribution >= 4 is 14.5 Å². The average Bonchev–Trinajstić information content (AvgIpc) is 0.811. The van der Waals surface area contributed by atoms with E-state index in [2.05, 4.69) is 0 Å². The predicted molar refractivity (Wildman–Crippen MR) is 10.9 cm³/mol. The molecular formula is H2CoO3Se. The molecule has 2 N–H and O–H groups in total. The summed E-state index contributed by atoms with van der Waals surface area (Å²) in [6.07, 6.45) is 0. The fourth-order valence-corrected chi connectivity index (χ4v) is 0. The number of hydrogen-bond donors (Lipinski definition) is 2. The van der Waals surface area contributed by atoms with Crippen molar-refractivity contribution in [2.45, 2.75) is 0 Å². The first-order valence-corrected chi connectivity index (χ1v) is 2.76. The molecule has 0 fully saturated rings. The predicted octanol–water partition coefficient (Wildman–Crippen LogP) is -1.62. The average molecular weight is 188 g/mol. The van der Waals surface area contributed by atoms with Gasteiger partial charge in [0.15, 0.2) is 0 Å². The molecule has 0 amide bonds. The van der Waals surface area contributed by atoms with Crippen molar-refractivity contribution in [3.05, 3.63) is 0 Å². The molecule has 0 saturated heterocycles. The molecule has 35 valence electrons. The van der Waals surface area contributed by atoms with Gasteiger partial charge in [-0.1, -0.05) is 0 Å². The zero-order chi connectivity index (χ0) is 3.58. The summed E-state index contributed by atoms with van der Waals surface area (Å²) in [6, 6.07) is 0. The molecule has 0 saturated carbocycles. The Kier molecular flexibility index (Phi) is 8.75. The molecule has 0 rings (SSSR count). The minimum absolute atomic E-state index is 0. The van der Waals surface area contributed by atoms with Crippen molar-refractivity contribution in [3.8, 4) is 0 Å². The smallest absolute Gasteiger partial charge is 0 e. The van der Waals surface area contributed by atoms with Crippen LogP contribution < -0.4 is 0 Å². The van der Waals surface area contributed by atoms with Gasteiger partial charge in [-0.05, 0) is 0 Å². The second kappa shape index (κ2) is 4.75. The van der Waals surface area contributed by atoms with Gasteiger partial charge >= 0.3 is 26.7 Å². The molecular weight excluding hydrogens is 186 g/mol. The van der Waals surface area contributed by atoms with Crippen molar-refractivity contribution in [2.24, 2.45) is 0 Å². The summed E-state index contributed by atoms with van der Waals surface area (Å²) in [7, 11) is 0. The molecule has 0 spiro atoms. The molecule has 0 aliphatic rings. The first-order valence-electron chi connectivity index (χ1n) is 0.532.